The van der Waals surface area contributed by atoms with Crippen LogP contribution in [-0.4, -0.2) is 47.6 Å². The predicted octanol–water partition coefficient (Wildman–Crippen LogP) is 0.842. The number of nitrogens with one attached hydrogen (secondary N) is 1. The number of carboxylic acids is 1. The molecule has 0 radical (unpaired) electrons. The van der Waals surface area contributed by atoms with E-state index in [0.29, 0.717) is 6.54 Å². The second kappa shape index (κ2) is 6.18. The van der Waals surface area contributed by atoms with Crippen molar-refractivity contribution in [2.45, 2.75) is 44.6 Å². The van der Waals surface area contributed by atoms with Gasteiger partial charge in [0.1, 0.15) is 6.54 Å². The highest BCUT2D eigenvalue weighted by molar-refractivity contribution is 5.83. The monoisotopic (exact) mass is 254 g/mol. The molecule has 2 aliphatic rings. The molecule has 0 aromatic rings. The summed E-state index contributed by atoms with van der Waals surface area (Å²) < 4.78 is 0. The summed E-state index contributed by atoms with van der Waals surface area (Å²) in [5.74, 6) is -0.894. The van der Waals surface area contributed by atoms with Crippen LogP contribution in [0.2, 0.25) is 0 Å². The molecule has 102 valence electrons. The van der Waals surface area contributed by atoms with E-state index in [1.54, 1.807) is 4.90 Å². The SMILES string of the molecule is O=C(O)CN(C(=O)[C@H]1CCCNC1)C1CCCC1. The van der Waals surface area contributed by atoms with Gasteiger partial charge in [-0.1, -0.05) is 12.8 Å². The fourth-order valence-corrected chi connectivity index (χ4v) is 3.05. The van der Waals surface area contributed by atoms with Gasteiger partial charge in [0, 0.05) is 12.6 Å². The van der Waals surface area contributed by atoms with E-state index in [2.05, 4.69) is 5.32 Å². The van der Waals surface area contributed by atoms with Crippen LogP contribution in [0.25, 0.3) is 0 Å². The van der Waals surface area contributed by atoms with Gasteiger partial charge < -0.3 is 15.3 Å². The maximum Gasteiger partial charge on any atom is 0.323 e. The third-order valence-corrected chi connectivity index (χ3v) is 4.00. The van der Waals surface area contributed by atoms with Gasteiger partial charge in [0.15, 0.2) is 0 Å². The zero-order chi connectivity index (χ0) is 13.0. The lowest BCUT2D eigenvalue weighted by Gasteiger charge is -2.32. The maximum absolute atomic E-state index is 12.4. The molecule has 5 heteroatoms. The number of nitrogens with zero attached hydrogens (tertiary/aromatic N) is 1. The smallest absolute Gasteiger partial charge is 0.323 e. The Kier molecular flexibility index (Phi) is 4.58. The number of amides is 1. The molecule has 1 saturated heterocycles. The van der Waals surface area contributed by atoms with Crippen LogP contribution in [0.15, 0.2) is 0 Å². The van der Waals surface area contributed by atoms with Crippen molar-refractivity contribution in [2.24, 2.45) is 5.92 Å². The van der Waals surface area contributed by atoms with Crippen LogP contribution >= 0.6 is 0 Å². The summed E-state index contributed by atoms with van der Waals surface area (Å²) in [5, 5.41) is 12.2. The number of aliphatic carboxylic acids is 1. The molecule has 1 saturated carbocycles. The number of carboxylic acid groups (broad SMARTS) is 1. The summed E-state index contributed by atoms with van der Waals surface area (Å²) in [6.07, 6.45) is 6.02. The molecule has 1 aliphatic heterocycles. The fraction of sp³-hybridized carbons (Fsp3) is 0.846. The van der Waals surface area contributed by atoms with Crippen molar-refractivity contribution in [3.05, 3.63) is 0 Å². The molecular weight excluding hydrogens is 232 g/mol. The first-order valence-electron chi connectivity index (χ1n) is 6.91. The predicted molar refractivity (Wildman–Crippen MR) is 67.2 cm³/mol. The average molecular weight is 254 g/mol. The highest BCUT2D eigenvalue weighted by Gasteiger charge is 2.33. The van der Waals surface area contributed by atoms with Crippen LogP contribution < -0.4 is 5.32 Å². The molecule has 0 spiro atoms. The number of rotatable bonds is 4. The van der Waals surface area contributed by atoms with Gasteiger partial charge in [-0.2, -0.15) is 0 Å². The third-order valence-electron chi connectivity index (χ3n) is 4.00. The maximum atomic E-state index is 12.4. The largest absolute Gasteiger partial charge is 0.480 e. The lowest BCUT2D eigenvalue weighted by atomic mass is 9.97. The van der Waals surface area contributed by atoms with Gasteiger partial charge in [-0.3, -0.25) is 9.59 Å². The highest BCUT2D eigenvalue weighted by Crippen LogP contribution is 2.25. The van der Waals surface area contributed by atoms with Crippen LogP contribution in [0.4, 0.5) is 0 Å². The van der Waals surface area contributed by atoms with Gasteiger partial charge in [0.05, 0.1) is 5.92 Å². The highest BCUT2D eigenvalue weighted by atomic mass is 16.4. The fourth-order valence-electron chi connectivity index (χ4n) is 3.05. The molecule has 5 nitrogen and oxygen atoms in total. The van der Waals surface area contributed by atoms with Crippen molar-refractivity contribution < 1.29 is 14.7 Å². The van der Waals surface area contributed by atoms with E-state index in [9.17, 15) is 9.59 Å². The lowest BCUT2D eigenvalue weighted by Crippen LogP contribution is -2.48. The van der Waals surface area contributed by atoms with Crippen LogP contribution in [0, 0.1) is 5.92 Å². The minimum atomic E-state index is -0.904. The quantitative estimate of drug-likeness (QED) is 0.780. The van der Waals surface area contributed by atoms with Crippen LogP contribution in [-0.2, 0) is 9.59 Å². The average Bonchev–Trinajstić information content (AvgIpc) is 2.89. The molecule has 0 unspecified atom stereocenters. The Balaban J connectivity index is 2.01. The number of carbonyl (C=O) groups is 2. The zero-order valence-corrected chi connectivity index (χ0v) is 10.7. The van der Waals surface area contributed by atoms with E-state index in [-0.39, 0.29) is 24.4 Å². The molecule has 1 heterocycles. The lowest BCUT2D eigenvalue weighted by molar-refractivity contribution is -0.148. The molecule has 18 heavy (non-hydrogen) atoms. The standard InChI is InChI=1S/C13H22N2O3/c16-12(17)9-15(11-5-1-2-6-11)13(18)10-4-3-7-14-8-10/h10-11,14H,1-9H2,(H,16,17)/t10-/m0/s1. The van der Waals surface area contributed by atoms with Gasteiger partial charge in [-0.25, -0.2) is 0 Å². The molecule has 1 aliphatic carbocycles. The molecular formula is C13H22N2O3. The third kappa shape index (κ3) is 3.22. The second-order valence-electron chi connectivity index (χ2n) is 5.34. The Morgan fingerprint density at radius 1 is 1.17 bits per heavy atom. The van der Waals surface area contributed by atoms with Gasteiger partial charge in [-0.15, -0.1) is 0 Å². The first kappa shape index (κ1) is 13.3. The number of hydrogen-bond acceptors (Lipinski definition) is 3. The zero-order valence-electron chi connectivity index (χ0n) is 10.7. The summed E-state index contributed by atoms with van der Waals surface area (Å²) in [5.41, 5.74) is 0. The number of carbonyl (C=O) groups excluding carboxylic acids is 1. The topological polar surface area (TPSA) is 69.6 Å². The Hall–Kier alpha value is -1.10. The molecule has 2 N–H and O–H groups in total. The normalized spacial score (nSPS) is 25.0. The molecule has 0 aromatic carbocycles. The summed E-state index contributed by atoms with van der Waals surface area (Å²) in [6.45, 7) is 1.52. The van der Waals surface area contributed by atoms with E-state index < -0.39 is 5.97 Å². The first-order chi connectivity index (χ1) is 8.68. The Bertz CT molecular complexity index is 307. The van der Waals surface area contributed by atoms with Crippen molar-refractivity contribution in [2.75, 3.05) is 19.6 Å². The van der Waals surface area contributed by atoms with E-state index in [1.165, 1.54) is 0 Å². The van der Waals surface area contributed by atoms with E-state index in [0.717, 1.165) is 45.1 Å². The molecule has 0 bridgehead atoms. The van der Waals surface area contributed by atoms with Crippen LogP contribution in [0.5, 0.6) is 0 Å². The molecule has 0 aromatic heterocycles. The summed E-state index contributed by atoms with van der Waals surface area (Å²) in [4.78, 5) is 25.0. The van der Waals surface area contributed by atoms with Crippen LogP contribution in [0.1, 0.15) is 38.5 Å². The van der Waals surface area contributed by atoms with Gasteiger partial charge in [0.25, 0.3) is 0 Å². The minimum Gasteiger partial charge on any atom is -0.480 e. The summed E-state index contributed by atoms with van der Waals surface area (Å²) in [6, 6.07) is 0.149. The van der Waals surface area contributed by atoms with Gasteiger partial charge in [0.2, 0.25) is 5.91 Å². The van der Waals surface area contributed by atoms with Crippen molar-refractivity contribution >= 4 is 11.9 Å². The molecule has 1 atom stereocenters. The number of hydrogen-bond donors (Lipinski definition) is 2. The summed E-state index contributed by atoms with van der Waals surface area (Å²) >= 11 is 0. The first-order valence-corrected chi connectivity index (χ1v) is 6.91. The Morgan fingerprint density at radius 2 is 1.89 bits per heavy atom. The minimum absolute atomic E-state index is 0.0290. The Labute approximate surface area is 108 Å². The van der Waals surface area contributed by atoms with Crippen molar-refractivity contribution in [3.63, 3.8) is 0 Å². The number of piperidine rings is 1. The molecule has 2 rings (SSSR count). The van der Waals surface area contributed by atoms with Crippen molar-refractivity contribution in [1.82, 2.24) is 10.2 Å². The Morgan fingerprint density at radius 3 is 2.44 bits per heavy atom. The van der Waals surface area contributed by atoms with Crippen LogP contribution in [0.3, 0.4) is 0 Å². The van der Waals surface area contributed by atoms with Crippen molar-refractivity contribution in [1.29, 1.82) is 0 Å². The van der Waals surface area contributed by atoms with Gasteiger partial charge in [-0.05, 0) is 32.2 Å². The summed E-state index contributed by atoms with van der Waals surface area (Å²) in [7, 11) is 0. The van der Waals surface area contributed by atoms with Gasteiger partial charge >= 0.3 is 5.97 Å². The van der Waals surface area contributed by atoms with E-state index >= 15 is 0 Å². The molecule has 1 amide bonds. The van der Waals surface area contributed by atoms with Crippen molar-refractivity contribution in [3.8, 4) is 0 Å². The van der Waals surface area contributed by atoms with E-state index in [4.69, 9.17) is 5.11 Å². The molecule has 2 fully saturated rings. The second-order valence-corrected chi connectivity index (χ2v) is 5.34. The van der Waals surface area contributed by atoms with E-state index in [1.807, 2.05) is 0 Å².